The molecule has 2 aromatic rings. The van der Waals surface area contributed by atoms with Crippen molar-refractivity contribution in [2.45, 2.75) is 26.1 Å². The highest BCUT2D eigenvalue weighted by Crippen LogP contribution is 2.31. The topological polar surface area (TPSA) is 87.7 Å². The number of hydrogen-bond acceptors (Lipinski definition) is 5. The molecular weight excluding hydrogens is 415 g/mol. The Balaban J connectivity index is 1.73. The second kappa shape index (κ2) is 8.78. The highest BCUT2D eigenvalue weighted by atomic mass is 19.4. The minimum Gasteiger partial charge on any atom is -0.495 e. The summed E-state index contributed by atoms with van der Waals surface area (Å²) in [5.74, 6) is 0.419. The summed E-state index contributed by atoms with van der Waals surface area (Å²) in [5, 5.41) is 2.62. The number of methoxy groups -OCH3 is 1. The SMILES string of the molecule is COc1ccc(NC(=O)CN2C(=O)N(c3ccc(C(F)(F)F)nc3)C[C@@H]2C(C)C)nc1. The summed E-state index contributed by atoms with van der Waals surface area (Å²) in [6, 6.07) is 4.47. The van der Waals surface area contributed by atoms with Crippen molar-refractivity contribution in [3.05, 3.63) is 42.4 Å². The number of aromatic nitrogens is 2. The molecule has 0 unspecified atom stereocenters. The molecule has 0 bridgehead atoms. The lowest BCUT2D eigenvalue weighted by molar-refractivity contribution is -0.141. The molecule has 0 spiro atoms. The third-order valence-corrected chi connectivity index (χ3v) is 4.92. The normalized spacial score (nSPS) is 16.7. The van der Waals surface area contributed by atoms with Crippen LogP contribution in [0.15, 0.2) is 36.7 Å². The van der Waals surface area contributed by atoms with Gasteiger partial charge in [0.05, 0.1) is 31.2 Å². The standard InChI is InChI=1S/C20H22F3N5O3/c1-12(2)15-10-27(13-4-6-16(24-8-13)20(21,22)23)19(30)28(15)11-18(29)26-17-7-5-14(31-3)9-25-17/h4-9,12,15H,10-11H2,1-3H3,(H,25,26,29)/t15-/m1/s1. The number of hydrogen-bond donors (Lipinski definition) is 1. The summed E-state index contributed by atoms with van der Waals surface area (Å²) in [6.07, 6.45) is -2.09. The second-order valence-electron chi connectivity index (χ2n) is 7.36. The van der Waals surface area contributed by atoms with Crippen LogP contribution in [-0.4, -0.2) is 53.0 Å². The zero-order valence-electron chi connectivity index (χ0n) is 17.2. The third-order valence-electron chi connectivity index (χ3n) is 4.92. The smallest absolute Gasteiger partial charge is 0.433 e. The van der Waals surface area contributed by atoms with Gasteiger partial charge in [0.2, 0.25) is 5.91 Å². The van der Waals surface area contributed by atoms with E-state index < -0.39 is 23.8 Å². The predicted octanol–water partition coefficient (Wildman–Crippen LogP) is 3.41. The average molecular weight is 437 g/mol. The molecule has 1 saturated heterocycles. The van der Waals surface area contributed by atoms with E-state index in [1.165, 1.54) is 29.2 Å². The molecule has 11 heteroatoms. The van der Waals surface area contributed by atoms with Crippen LogP contribution >= 0.6 is 0 Å². The molecule has 0 aromatic carbocycles. The summed E-state index contributed by atoms with van der Waals surface area (Å²) >= 11 is 0. The molecule has 31 heavy (non-hydrogen) atoms. The molecular formula is C20H22F3N5O3. The van der Waals surface area contributed by atoms with Gasteiger partial charge in [-0.3, -0.25) is 9.69 Å². The third kappa shape index (κ3) is 5.04. The molecule has 0 aliphatic carbocycles. The van der Waals surface area contributed by atoms with E-state index in [9.17, 15) is 22.8 Å². The zero-order valence-corrected chi connectivity index (χ0v) is 17.2. The lowest BCUT2D eigenvalue weighted by Crippen LogP contribution is -2.42. The number of pyridine rings is 2. The van der Waals surface area contributed by atoms with Crippen molar-refractivity contribution in [2.75, 3.05) is 30.4 Å². The van der Waals surface area contributed by atoms with Gasteiger partial charge in [-0.1, -0.05) is 13.8 Å². The molecule has 8 nitrogen and oxygen atoms in total. The summed E-state index contributed by atoms with van der Waals surface area (Å²) in [4.78, 5) is 35.7. The number of nitrogens with zero attached hydrogens (tertiary/aromatic N) is 4. The molecule has 1 N–H and O–H groups in total. The number of amides is 3. The number of anilines is 2. The zero-order chi connectivity index (χ0) is 22.8. The Hall–Kier alpha value is -3.37. The van der Waals surface area contributed by atoms with Crippen LogP contribution in [0.25, 0.3) is 0 Å². The van der Waals surface area contributed by atoms with E-state index >= 15 is 0 Å². The summed E-state index contributed by atoms with van der Waals surface area (Å²) < 4.78 is 43.3. The number of nitrogens with one attached hydrogen (secondary N) is 1. The fourth-order valence-electron chi connectivity index (χ4n) is 3.26. The molecule has 166 valence electrons. The van der Waals surface area contributed by atoms with Crippen LogP contribution in [0.3, 0.4) is 0 Å². The highest BCUT2D eigenvalue weighted by molar-refractivity contribution is 5.99. The largest absolute Gasteiger partial charge is 0.495 e. The first-order valence-corrected chi connectivity index (χ1v) is 9.51. The maximum atomic E-state index is 13.0. The number of carbonyl (C=O) groups excluding carboxylic acids is 2. The number of halogens is 3. The number of alkyl halides is 3. The van der Waals surface area contributed by atoms with Crippen LogP contribution < -0.4 is 15.0 Å². The molecule has 1 atom stereocenters. The Morgan fingerprint density at radius 2 is 1.97 bits per heavy atom. The predicted molar refractivity (Wildman–Crippen MR) is 107 cm³/mol. The summed E-state index contributed by atoms with van der Waals surface area (Å²) in [5.41, 5.74) is -0.796. The van der Waals surface area contributed by atoms with Gasteiger partial charge >= 0.3 is 12.2 Å². The summed E-state index contributed by atoms with van der Waals surface area (Å²) in [6.45, 7) is 3.82. The quantitative estimate of drug-likeness (QED) is 0.749. The van der Waals surface area contributed by atoms with Crippen LogP contribution in [0.4, 0.5) is 29.5 Å². The van der Waals surface area contributed by atoms with Gasteiger partial charge in [-0.05, 0) is 30.2 Å². The van der Waals surface area contributed by atoms with Gasteiger partial charge in [-0.2, -0.15) is 13.2 Å². The van der Waals surface area contributed by atoms with Gasteiger partial charge < -0.3 is 15.0 Å². The van der Waals surface area contributed by atoms with E-state index in [1.807, 2.05) is 13.8 Å². The fraction of sp³-hybridized carbons (Fsp3) is 0.400. The lowest BCUT2D eigenvalue weighted by atomic mass is 10.0. The fourth-order valence-corrected chi connectivity index (χ4v) is 3.26. The molecule has 1 fully saturated rings. The lowest BCUT2D eigenvalue weighted by Gasteiger charge is -2.25. The molecule has 1 aliphatic rings. The first-order valence-electron chi connectivity index (χ1n) is 9.51. The first kappa shape index (κ1) is 22.3. The van der Waals surface area contributed by atoms with Crippen LogP contribution in [-0.2, 0) is 11.0 Å². The monoisotopic (exact) mass is 437 g/mol. The van der Waals surface area contributed by atoms with E-state index in [1.54, 1.807) is 12.1 Å². The van der Waals surface area contributed by atoms with Crippen molar-refractivity contribution in [3.63, 3.8) is 0 Å². The Labute approximate surface area is 177 Å². The van der Waals surface area contributed by atoms with Crippen molar-refractivity contribution in [2.24, 2.45) is 5.92 Å². The Bertz CT molecular complexity index is 933. The number of rotatable bonds is 6. The van der Waals surface area contributed by atoms with Crippen LogP contribution in [0, 0.1) is 5.92 Å². The number of urea groups is 1. The molecule has 3 rings (SSSR count). The summed E-state index contributed by atoms with van der Waals surface area (Å²) in [7, 11) is 1.50. The molecule has 3 amide bonds. The Morgan fingerprint density at radius 1 is 1.23 bits per heavy atom. The minimum absolute atomic E-state index is 0.0169. The maximum Gasteiger partial charge on any atom is 0.433 e. The van der Waals surface area contributed by atoms with Crippen LogP contribution in [0.1, 0.15) is 19.5 Å². The van der Waals surface area contributed by atoms with E-state index in [2.05, 4.69) is 15.3 Å². The minimum atomic E-state index is -4.56. The van der Waals surface area contributed by atoms with Gasteiger partial charge in [-0.25, -0.2) is 14.8 Å². The van der Waals surface area contributed by atoms with Crippen molar-refractivity contribution in [3.8, 4) is 5.75 Å². The molecule has 0 saturated carbocycles. The highest BCUT2D eigenvalue weighted by Gasteiger charge is 2.41. The van der Waals surface area contributed by atoms with Gasteiger partial charge in [0.25, 0.3) is 0 Å². The second-order valence-corrected chi connectivity index (χ2v) is 7.36. The Kier molecular flexibility index (Phi) is 6.32. The number of ether oxygens (including phenoxy) is 1. The molecule has 0 radical (unpaired) electrons. The average Bonchev–Trinajstić information content (AvgIpc) is 3.04. The van der Waals surface area contributed by atoms with E-state index in [0.29, 0.717) is 11.6 Å². The van der Waals surface area contributed by atoms with Gasteiger partial charge in [-0.15, -0.1) is 0 Å². The Morgan fingerprint density at radius 3 is 2.48 bits per heavy atom. The first-order chi connectivity index (χ1) is 14.6. The van der Waals surface area contributed by atoms with Crippen molar-refractivity contribution in [1.82, 2.24) is 14.9 Å². The number of carbonyl (C=O) groups is 2. The molecule has 3 heterocycles. The molecule has 1 aliphatic heterocycles. The van der Waals surface area contributed by atoms with E-state index in [4.69, 9.17) is 4.74 Å². The van der Waals surface area contributed by atoms with E-state index in [0.717, 1.165) is 12.3 Å². The van der Waals surface area contributed by atoms with Gasteiger partial charge in [0.15, 0.2) is 0 Å². The van der Waals surface area contributed by atoms with E-state index in [-0.39, 0.29) is 30.7 Å². The van der Waals surface area contributed by atoms with Crippen LogP contribution in [0.5, 0.6) is 5.75 Å². The molecule has 2 aromatic heterocycles. The van der Waals surface area contributed by atoms with Crippen LogP contribution in [0.2, 0.25) is 0 Å². The van der Waals surface area contributed by atoms with Gasteiger partial charge in [0.1, 0.15) is 23.8 Å². The van der Waals surface area contributed by atoms with Crippen molar-refractivity contribution in [1.29, 1.82) is 0 Å². The maximum absolute atomic E-state index is 13.0. The van der Waals surface area contributed by atoms with Crippen molar-refractivity contribution < 1.29 is 27.5 Å². The van der Waals surface area contributed by atoms with Gasteiger partial charge in [0, 0.05) is 6.54 Å². The van der Waals surface area contributed by atoms with Crippen molar-refractivity contribution >= 4 is 23.4 Å².